The van der Waals surface area contributed by atoms with Crippen LogP contribution in [0.1, 0.15) is 32.3 Å². The van der Waals surface area contributed by atoms with E-state index in [1.165, 1.54) is 0 Å². The van der Waals surface area contributed by atoms with E-state index in [9.17, 15) is 4.79 Å². The van der Waals surface area contributed by atoms with E-state index in [2.05, 4.69) is 50.9 Å². The Morgan fingerprint density at radius 2 is 2.07 bits per heavy atom. The summed E-state index contributed by atoms with van der Waals surface area (Å²) in [4.78, 5) is 25.2. The quantitative estimate of drug-likeness (QED) is 0.748. The summed E-state index contributed by atoms with van der Waals surface area (Å²) in [6.07, 6.45) is 11.1. The number of nitrogens with zero attached hydrogens (tertiary/aromatic N) is 4. The normalized spacial score (nSPS) is 15.0. The fourth-order valence-corrected chi connectivity index (χ4v) is 3.80. The molecule has 28 heavy (non-hydrogen) atoms. The molecule has 1 aliphatic heterocycles. The molecular formula is C22H29N5O. The molecule has 6 heteroatoms. The fourth-order valence-electron chi connectivity index (χ4n) is 3.80. The number of hydrogen-bond donors (Lipinski definition) is 1. The number of aromatic nitrogens is 2. The first-order valence-corrected chi connectivity index (χ1v) is 10.1. The zero-order valence-electron chi connectivity index (χ0n) is 16.8. The number of carbonyl (C=O) groups is 1. The standard InChI is InChI=1S/C22H29N5O/c1-4-18-7-8-20(19-14-23-16-25-22(18)19)27-11-9-17(10-12-27)13-24-21(28)15-26(5-2)6-3/h1,7-8,14,16-17H,5-6,9-13,15H2,2-3H3,(H,24,28). The Balaban J connectivity index is 1.57. The van der Waals surface area contributed by atoms with Gasteiger partial charge in [-0.1, -0.05) is 19.8 Å². The van der Waals surface area contributed by atoms with Crippen LogP contribution in [0.15, 0.2) is 24.7 Å². The predicted molar refractivity (Wildman–Crippen MR) is 113 cm³/mol. The molecule has 1 aliphatic rings. The molecule has 0 saturated carbocycles. The van der Waals surface area contributed by atoms with Crippen molar-refractivity contribution < 1.29 is 4.79 Å². The number of carbonyl (C=O) groups excluding carboxylic acids is 1. The summed E-state index contributed by atoms with van der Waals surface area (Å²) < 4.78 is 0. The third kappa shape index (κ3) is 4.60. The Bertz CT molecular complexity index is 848. The van der Waals surface area contributed by atoms with Crippen molar-refractivity contribution in [3.8, 4) is 12.3 Å². The van der Waals surface area contributed by atoms with Gasteiger partial charge in [0.25, 0.3) is 0 Å². The molecule has 0 spiro atoms. The van der Waals surface area contributed by atoms with Crippen LogP contribution in [-0.4, -0.2) is 60.0 Å². The van der Waals surface area contributed by atoms with Crippen molar-refractivity contribution in [2.45, 2.75) is 26.7 Å². The summed E-state index contributed by atoms with van der Waals surface area (Å²) in [5.41, 5.74) is 2.77. The second kappa shape index (κ2) is 9.52. The van der Waals surface area contributed by atoms with Crippen molar-refractivity contribution in [2.75, 3.05) is 44.2 Å². The Morgan fingerprint density at radius 3 is 2.75 bits per heavy atom. The number of fused-ring (bicyclic) bond motifs is 1. The fraction of sp³-hybridized carbons (Fsp3) is 0.500. The summed E-state index contributed by atoms with van der Waals surface area (Å²) >= 11 is 0. The van der Waals surface area contributed by atoms with Gasteiger partial charge in [-0.2, -0.15) is 0 Å². The average molecular weight is 380 g/mol. The summed E-state index contributed by atoms with van der Waals surface area (Å²) in [5, 5.41) is 4.11. The molecule has 148 valence electrons. The third-order valence-electron chi connectivity index (χ3n) is 5.61. The zero-order chi connectivity index (χ0) is 19.9. The lowest BCUT2D eigenvalue weighted by molar-refractivity contribution is -0.122. The minimum absolute atomic E-state index is 0.124. The van der Waals surface area contributed by atoms with Crippen molar-refractivity contribution in [3.63, 3.8) is 0 Å². The van der Waals surface area contributed by atoms with Crippen LogP contribution in [0.2, 0.25) is 0 Å². The lowest BCUT2D eigenvalue weighted by atomic mass is 9.95. The Hall–Kier alpha value is -2.65. The molecule has 0 atom stereocenters. The lowest BCUT2D eigenvalue weighted by Crippen LogP contribution is -2.42. The summed E-state index contributed by atoms with van der Waals surface area (Å²) in [6.45, 7) is 9.12. The van der Waals surface area contributed by atoms with E-state index in [1.807, 2.05) is 12.3 Å². The van der Waals surface area contributed by atoms with Crippen molar-refractivity contribution in [3.05, 3.63) is 30.2 Å². The minimum Gasteiger partial charge on any atom is -0.371 e. The largest absolute Gasteiger partial charge is 0.371 e. The highest BCUT2D eigenvalue weighted by Crippen LogP contribution is 2.30. The minimum atomic E-state index is 0.124. The van der Waals surface area contributed by atoms with Gasteiger partial charge in [0, 0.05) is 36.9 Å². The zero-order valence-corrected chi connectivity index (χ0v) is 16.8. The number of terminal acetylenes is 1. The first-order chi connectivity index (χ1) is 13.7. The topological polar surface area (TPSA) is 61.4 Å². The molecule has 1 amide bonds. The molecule has 2 heterocycles. The van der Waals surface area contributed by atoms with Crippen LogP contribution in [0.25, 0.3) is 10.9 Å². The van der Waals surface area contributed by atoms with Crippen LogP contribution >= 0.6 is 0 Å². The summed E-state index contributed by atoms with van der Waals surface area (Å²) in [6, 6.07) is 4.04. The number of rotatable bonds is 7. The highest BCUT2D eigenvalue weighted by atomic mass is 16.2. The van der Waals surface area contributed by atoms with Gasteiger partial charge in [-0.25, -0.2) is 9.97 Å². The van der Waals surface area contributed by atoms with Crippen LogP contribution < -0.4 is 10.2 Å². The summed E-state index contributed by atoms with van der Waals surface area (Å²) in [5.74, 6) is 3.35. The van der Waals surface area contributed by atoms with Crippen LogP contribution in [0, 0.1) is 18.3 Å². The molecule has 0 radical (unpaired) electrons. The van der Waals surface area contributed by atoms with E-state index in [-0.39, 0.29) is 5.91 Å². The molecule has 6 nitrogen and oxygen atoms in total. The van der Waals surface area contributed by atoms with Crippen LogP contribution in [-0.2, 0) is 4.79 Å². The predicted octanol–water partition coefficient (Wildman–Crippen LogP) is 2.29. The highest BCUT2D eigenvalue weighted by molar-refractivity contribution is 5.94. The molecule has 3 rings (SSSR count). The molecule has 2 aromatic rings. The molecule has 1 N–H and O–H groups in total. The van der Waals surface area contributed by atoms with Gasteiger partial charge in [0.05, 0.1) is 17.6 Å². The van der Waals surface area contributed by atoms with Crippen molar-refractivity contribution in [2.24, 2.45) is 5.92 Å². The molecule has 1 fully saturated rings. The van der Waals surface area contributed by atoms with Gasteiger partial charge < -0.3 is 10.2 Å². The van der Waals surface area contributed by atoms with E-state index in [0.717, 1.165) is 67.7 Å². The van der Waals surface area contributed by atoms with E-state index < -0.39 is 0 Å². The first kappa shape index (κ1) is 20.1. The van der Waals surface area contributed by atoms with Gasteiger partial charge in [0.15, 0.2) is 0 Å². The number of nitrogens with one attached hydrogen (secondary N) is 1. The SMILES string of the molecule is C#Cc1ccc(N2CCC(CNC(=O)CN(CC)CC)CC2)c2cncnc12. The number of hydrogen-bond acceptors (Lipinski definition) is 5. The van der Waals surface area contributed by atoms with Gasteiger partial charge in [0.2, 0.25) is 5.91 Å². The number of anilines is 1. The second-order valence-electron chi connectivity index (χ2n) is 7.26. The maximum atomic E-state index is 12.1. The maximum Gasteiger partial charge on any atom is 0.234 e. The molecule has 1 saturated heterocycles. The molecule has 0 bridgehead atoms. The molecule has 0 unspecified atom stereocenters. The number of amides is 1. The lowest BCUT2D eigenvalue weighted by Gasteiger charge is -2.34. The molecular weight excluding hydrogens is 350 g/mol. The smallest absolute Gasteiger partial charge is 0.234 e. The first-order valence-electron chi connectivity index (χ1n) is 10.1. The number of likely N-dealkylation sites (N-methyl/N-ethyl adjacent to an activating group) is 1. The number of piperidine rings is 1. The van der Waals surface area contributed by atoms with Crippen molar-refractivity contribution >= 4 is 22.5 Å². The molecule has 1 aromatic heterocycles. The maximum absolute atomic E-state index is 12.1. The van der Waals surface area contributed by atoms with Crippen LogP contribution in [0.4, 0.5) is 5.69 Å². The van der Waals surface area contributed by atoms with Crippen LogP contribution in [0.3, 0.4) is 0 Å². The van der Waals surface area contributed by atoms with Crippen molar-refractivity contribution in [1.82, 2.24) is 20.2 Å². The Kier molecular flexibility index (Phi) is 6.83. The molecule has 1 aromatic carbocycles. The monoisotopic (exact) mass is 379 g/mol. The summed E-state index contributed by atoms with van der Waals surface area (Å²) in [7, 11) is 0. The van der Waals surface area contributed by atoms with Crippen LogP contribution in [0.5, 0.6) is 0 Å². The van der Waals surface area contributed by atoms with E-state index in [1.54, 1.807) is 6.33 Å². The average Bonchev–Trinajstić information content (AvgIpc) is 2.75. The van der Waals surface area contributed by atoms with Gasteiger partial charge >= 0.3 is 0 Å². The highest BCUT2D eigenvalue weighted by Gasteiger charge is 2.22. The van der Waals surface area contributed by atoms with Gasteiger partial charge in [0.1, 0.15) is 6.33 Å². The third-order valence-corrected chi connectivity index (χ3v) is 5.61. The Morgan fingerprint density at radius 1 is 1.32 bits per heavy atom. The van der Waals surface area contributed by atoms with E-state index in [4.69, 9.17) is 6.42 Å². The van der Waals surface area contributed by atoms with Gasteiger partial charge in [-0.3, -0.25) is 9.69 Å². The van der Waals surface area contributed by atoms with E-state index >= 15 is 0 Å². The molecule has 0 aliphatic carbocycles. The van der Waals surface area contributed by atoms with E-state index in [0.29, 0.717) is 12.5 Å². The van der Waals surface area contributed by atoms with Crippen molar-refractivity contribution in [1.29, 1.82) is 0 Å². The number of benzene rings is 1. The second-order valence-corrected chi connectivity index (χ2v) is 7.26. The van der Waals surface area contributed by atoms with Gasteiger partial charge in [-0.15, -0.1) is 6.42 Å². The Labute approximate surface area is 167 Å². The van der Waals surface area contributed by atoms with Gasteiger partial charge in [-0.05, 0) is 44.0 Å².